The van der Waals surface area contributed by atoms with E-state index in [9.17, 15) is 62.3 Å². The summed E-state index contributed by atoms with van der Waals surface area (Å²) in [6.07, 6.45) is -17.9. The highest BCUT2D eigenvalue weighted by Crippen LogP contribution is 2.55. The third kappa shape index (κ3) is 7.39. The summed E-state index contributed by atoms with van der Waals surface area (Å²) in [6, 6.07) is 5.99. The largest absolute Gasteiger partial charge is 0.494 e. The van der Waals surface area contributed by atoms with Gasteiger partial charge in [-0.05, 0) is 64.5 Å². The molecule has 2 amide bonds. The van der Waals surface area contributed by atoms with E-state index in [4.69, 9.17) is 4.74 Å². The highest BCUT2D eigenvalue weighted by Gasteiger charge is 2.73. The van der Waals surface area contributed by atoms with Gasteiger partial charge in [0.25, 0.3) is 11.8 Å². The van der Waals surface area contributed by atoms with E-state index >= 15 is 0 Å². The molecule has 2 N–H and O–H groups in total. The van der Waals surface area contributed by atoms with Gasteiger partial charge in [-0.2, -0.15) is 48.3 Å². The molecule has 0 saturated carbocycles. The Labute approximate surface area is 252 Å². The molecule has 0 spiro atoms. The Balaban J connectivity index is 2.01. The molecule has 19 heteroatoms. The standard InChI is InChI=1S/C26H15BrF12N2O4/c1-44-19-14(3-2-4-16(19)40-20(42)11-5-7-12(8-6-11)24(31,32)33)21(43)41-18-15(27)9-13(10-17(18)45-22(28)29)23(30,25(34,35)36)26(37,38)39/h2-10,22H,1H3,(H,40,42)(H,41,43). The number of para-hydroxylation sites is 1. The van der Waals surface area contributed by atoms with Crippen molar-refractivity contribution in [1.82, 2.24) is 0 Å². The molecule has 3 aromatic rings. The fraction of sp³-hybridized carbons (Fsp3) is 0.231. The molecule has 244 valence electrons. The second-order valence-electron chi connectivity index (χ2n) is 8.73. The highest BCUT2D eigenvalue weighted by molar-refractivity contribution is 9.10. The third-order valence-electron chi connectivity index (χ3n) is 5.87. The predicted octanol–water partition coefficient (Wildman–Crippen LogP) is 8.87. The molecule has 0 atom stereocenters. The summed E-state index contributed by atoms with van der Waals surface area (Å²) in [5.41, 5.74) is -11.2. The Hall–Kier alpha value is -4.16. The molecule has 0 aromatic heterocycles. The van der Waals surface area contributed by atoms with E-state index in [1.807, 2.05) is 5.32 Å². The molecule has 0 radical (unpaired) electrons. The zero-order valence-electron chi connectivity index (χ0n) is 21.8. The number of nitrogens with one attached hydrogen (secondary N) is 2. The lowest BCUT2D eigenvalue weighted by Gasteiger charge is -2.31. The average Bonchev–Trinajstić information content (AvgIpc) is 2.92. The minimum absolute atomic E-state index is 0.0488. The average molecular weight is 727 g/mol. The number of methoxy groups -OCH3 is 1. The lowest BCUT2D eigenvalue weighted by molar-refractivity contribution is -0.348. The van der Waals surface area contributed by atoms with Crippen molar-refractivity contribution in [2.45, 2.75) is 30.8 Å². The Bertz CT molecular complexity index is 1560. The summed E-state index contributed by atoms with van der Waals surface area (Å²) in [5, 5.41) is 4.22. The molecule has 0 aliphatic carbocycles. The number of rotatable bonds is 8. The third-order valence-corrected chi connectivity index (χ3v) is 6.50. The summed E-state index contributed by atoms with van der Waals surface area (Å²) in [6.45, 7) is -3.87. The molecule has 45 heavy (non-hydrogen) atoms. The molecule has 0 aliphatic heterocycles. The number of hydrogen-bond acceptors (Lipinski definition) is 4. The van der Waals surface area contributed by atoms with E-state index in [1.165, 1.54) is 6.07 Å². The van der Waals surface area contributed by atoms with Gasteiger partial charge in [0.05, 0.1) is 29.6 Å². The van der Waals surface area contributed by atoms with E-state index in [0.29, 0.717) is 12.1 Å². The van der Waals surface area contributed by atoms with Crippen LogP contribution in [0.5, 0.6) is 11.5 Å². The van der Waals surface area contributed by atoms with Crippen molar-refractivity contribution >= 4 is 39.1 Å². The number of anilines is 2. The quantitative estimate of drug-likeness (QED) is 0.228. The SMILES string of the molecule is COc1c(NC(=O)c2ccc(C(F)(F)F)cc2)cccc1C(=O)Nc1c(Br)cc(C(F)(C(F)(F)F)C(F)(F)F)cc1OC(F)F. The number of carbonyl (C=O) groups excluding carboxylic acids is 2. The number of halogens is 13. The summed E-state index contributed by atoms with van der Waals surface area (Å²) >= 11 is 2.54. The summed E-state index contributed by atoms with van der Waals surface area (Å²) in [7, 11) is 1.01. The van der Waals surface area contributed by atoms with Crippen LogP contribution in [0.1, 0.15) is 31.8 Å². The molecule has 0 unspecified atom stereocenters. The van der Waals surface area contributed by atoms with E-state index in [-0.39, 0.29) is 23.4 Å². The van der Waals surface area contributed by atoms with E-state index < -0.39 is 81.0 Å². The molecule has 3 aromatic carbocycles. The number of ether oxygens (including phenoxy) is 2. The first-order chi connectivity index (χ1) is 20.6. The number of amides is 2. The first kappa shape index (κ1) is 35.3. The van der Waals surface area contributed by atoms with E-state index in [2.05, 4.69) is 26.0 Å². The van der Waals surface area contributed by atoms with Crippen LogP contribution >= 0.6 is 15.9 Å². The Morgan fingerprint density at radius 3 is 1.84 bits per heavy atom. The van der Waals surface area contributed by atoms with Gasteiger partial charge in [-0.3, -0.25) is 9.59 Å². The molecular weight excluding hydrogens is 712 g/mol. The molecule has 6 nitrogen and oxygen atoms in total. The Morgan fingerprint density at radius 1 is 0.778 bits per heavy atom. The van der Waals surface area contributed by atoms with Crippen LogP contribution in [0.4, 0.5) is 64.1 Å². The van der Waals surface area contributed by atoms with Crippen molar-refractivity contribution in [2.24, 2.45) is 0 Å². The molecule has 0 heterocycles. The van der Waals surface area contributed by atoms with Gasteiger partial charge in [0.1, 0.15) is 0 Å². The fourth-order valence-electron chi connectivity index (χ4n) is 3.80. The van der Waals surface area contributed by atoms with Crippen LogP contribution in [0.25, 0.3) is 0 Å². The maximum atomic E-state index is 14.6. The van der Waals surface area contributed by atoms with Crippen LogP contribution in [-0.4, -0.2) is 37.9 Å². The van der Waals surface area contributed by atoms with Gasteiger partial charge in [-0.1, -0.05) is 6.07 Å². The maximum Gasteiger partial charge on any atom is 0.435 e. The monoisotopic (exact) mass is 726 g/mol. The molecule has 3 rings (SSSR count). The van der Waals surface area contributed by atoms with Crippen LogP contribution in [0.2, 0.25) is 0 Å². The van der Waals surface area contributed by atoms with E-state index in [1.54, 1.807) is 0 Å². The van der Waals surface area contributed by atoms with Gasteiger partial charge >= 0.3 is 30.8 Å². The fourth-order valence-corrected chi connectivity index (χ4v) is 4.34. The zero-order chi connectivity index (χ0) is 34.1. The van der Waals surface area contributed by atoms with Crippen molar-refractivity contribution in [2.75, 3.05) is 17.7 Å². The first-order valence-electron chi connectivity index (χ1n) is 11.7. The molecular formula is C26H15BrF12N2O4. The smallest absolute Gasteiger partial charge is 0.435 e. The van der Waals surface area contributed by atoms with Gasteiger partial charge in [-0.15, -0.1) is 0 Å². The van der Waals surface area contributed by atoms with Crippen molar-refractivity contribution < 1.29 is 71.7 Å². The first-order valence-corrected chi connectivity index (χ1v) is 12.5. The van der Waals surface area contributed by atoms with Gasteiger partial charge in [-0.25, -0.2) is 4.39 Å². The topological polar surface area (TPSA) is 76.7 Å². The summed E-state index contributed by atoms with van der Waals surface area (Å²) in [5.74, 6) is -4.18. The van der Waals surface area contributed by atoms with Crippen LogP contribution in [-0.2, 0) is 11.8 Å². The summed E-state index contributed by atoms with van der Waals surface area (Å²) < 4.78 is 167. The van der Waals surface area contributed by atoms with Crippen LogP contribution < -0.4 is 20.1 Å². The number of alkyl halides is 12. The van der Waals surface area contributed by atoms with Crippen molar-refractivity contribution in [3.05, 3.63) is 81.3 Å². The second kappa shape index (κ2) is 12.7. The van der Waals surface area contributed by atoms with Crippen LogP contribution in [0, 0.1) is 0 Å². The Kier molecular flexibility index (Phi) is 9.95. The minimum Gasteiger partial charge on any atom is -0.494 e. The molecule has 0 aliphatic rings. The van der Waals surface area contributed by atoms with Crippen molar-refractivity contribution in [3.8, 4) is 11.5 Å². The number of benzene rings is 3. The van der Waals surface area contributed by atoms with Gasteiger partial charge in [0.15, 0.2) is 11.5 Å². The van der Waals surface area contributed by atoms with Crippen molar-refractivity contribution in [1.29, 1.82) is 0 Å². The molecule has 0 bridgehead atoms. The van der Waals surface area contributed by atoms with Gasteiger partial charge in [0, 0.05) is 15.6 Å². The van der Waals surface area contributed by atoms with Crippen LogP contribution in [0.3, 0.4) is 0 Å². The van der Waals surface area contributed by atoms with Gasteiger partial charge in [0.2, 0.25) is 0 Å². The lowest BCUT2D eigenvalue weighted by Crippen LogP contribution is -2.50. The van der Waals surface area contributed by atoms with E-state index in [0.717, 1.165) is 31.4 Å². The normalized spacial score (nSPS) is 12.6. The zero-order valence-corrected chi connectivity index (χ0v) is 23.4. The minimum atomic E-state index is -6.60. The van der Waals surface area contributed by atoms with Crippen LogP contribution in [0.15, 0.2) is 59.1 Å². The summed E-state index contributed by atoms with van der Waals surface area (Å²) in [4.78, 5) is 25.7. The predicted molar refractivity (Wildman–Crippen MR) is 136 cm³/mol. The number of carbonyl (C=O) groups is 2. The van der Waals surface area contributed by atoms with Crippen molar-refractivity contribution in [3.63, 3.8) is 0 Å². The Morgan fingerprint density at radius 2 is 1.36 bits per heavy atom. The maximum absolute atomic E-state index is 14.6. The number of hydrogen-bond donors (Lipinski definition) is 2. The van der Waals surface area contributed by atoms with Gasteiger partial charge < -0.3 is 20.1 Å². The second-order valence-corrected chi connectivity index (χ2v) is 9.59. The molecule has 0 saturated heterocycles. The molecule has 0 fully saturated rings. The lowest BCUT2D eigenvalue weighted by atomic mass is 9.93. The highest BCUT2D eigenvalue weighted by atomic mass is 79.9.